The molecular formula is C12H19NO3. The van der Waals surface area contributed by atoms with Crippen LogP contribution >= 0.6 is 0 Å². The van der Waals surface area contributed by atoms with Crippen molar-refractivity contribution in [3.63, 3.8) is 0 Å². The second kappa shape index (κ2) is 5.16. The van der Waals surface area contributed by atoms with Gasteiger partial charge in [0.05, 0.1) is 6.54 Å². The molecule has 90 valence electrons. The molecule has 4 heteroatoms. The number of nitrogens with one attached hydrogen (secondary N) is 1. The average Bonchev–Trinajstić information content (AvgIpc) is 2.56. The Labute approximate surface area is 95.7 Å². The van der Waals surface area contributed by atoms with Crippen LogP contribution in [0.4, 0.5) is 0 Å². The molecule has 0 saturated carbocycles. The minimum atomic E-state index is -1.01. The van der Waals surface area contributed by atoms with Crippen LogP contribution in [-0.4, -0.2) is 17.1 Å². The van der Waals surface area contributed by atoms with Crippen molar-refractivity contribution in [1.29, 1.82) is 0 Å². The van der Waals surface area contributed by atoms with E-state index in [0.717, 1.165) is 0 Å². The van der Waals surface area contributed by atoms with Crippen LogP contribution in [-0.2, 0) is 6.54 Å². The quantitative estimate of drug-likeness (QED) is 0.807. The third-order valence-corrected chi connectivity index (χ3v) is 2.76. The van der Waals surface area contributed by atoms with Crippen molar-refractivity contribution in [2.24, 2.45) is 5.92 Å². The van der Waals surface area contributed by atoms with Crippen molar-refractivity contribution < 1.29 is 14.3 Å². The summed E-state index contributed by atoms with van der Waals surface area (Å²) in [6, 6.07) is 2.14. The first-order valence-corrected chi connectivity index (χ1v) is 5.47. The molecule has 1 unspecified atom stereocenters. The summed E-state index contributed by atoms with van der Waals surface area (Å²) in [5, 5.41) is 12.1. The minimum Gasteiger partial charge on any atom is -0.475 e. The highest BCUT2D eigenvalue weighted by Gasteiger charge is 2.14. The van der Waals surface area contributed by atoms with Crippen LogP contribution in [0.5, 0.6) is 0 Å². The maximum atomic E-state index is 10.8. The van der Waals surface area contributed by atoms with Crippen LogP contribution in [0.2, 0.25) is 0 Å². The smallest absolute Gasteiger partial charge is 0.372 e. The maximum Gasteiger partial charge on any atom is 0.372 e. The summed E-state index contributed by atoms with van der Waals surface area (Å²) in [6.45, 7) is 8.66. The van der Waals surface area contributed by atoms with Gasteiger partial charge in [0.25, 0.3) is 0 Å². The fourth-order valence-electron chi connectivity index (χ4n) is 1.34. The van der Waals surface area contributed by atoms with Crippen molar-refractivity contribution in [3.05, 3.63) is 23.2 Å². The van der Waals surface area contributed by atoms with Gasteiger partial charge in [0.1, 0.15) is 5.76 Å². The van der Waals surface area contributed by atoms with Gasteiger partial charge in [-0.2, -0.15) is 0 Å². The Morgan fingerprint density at radius 2 is 2.12 bits per heavy atom. The van der Waals surface area contributed by atoms with Crippen LogP contribution in [0, 0.1) is 12.8 Å². The molecule has 16 heavy (non-hydrogen) atoms. The summed E-state index contributed by atoms with van der Waals surface area (Å²) >= 11 is 0. The Morgan fingerprint density at radius 3 is 2.56 bits per heavy atom. The Balaban J connectivity index is 2.62. The molecular weight excluding hydrogens is 206 g/mol. The third kappa shape index (κ3) is 3.10. The molecule has 0 spiro atoms. The summed E-state index contributed by atoms with van der Waals surface area (Å²) in [5.74, 6) is 0.229. The lowest BCUT2D eigenvalue weighted by Gasteiger charge is -2.16. The van der Waals surface area contributed by atoms with E-state index in [1.807, 2.05) is 0 Å². The first-order valence-electron chi connectivity index (χ1n) is 5.47. The Hall–Kier alpha value is -1.29. The Bertz CT molecular complexity index is 368. The lowest BCUT2D eigenvalue weighted by Crippen LogP contribution is -2.29. The van der Waals surface area contributed by atoms with E-state index in [9.17, 15) is 4.79 Å². The SMILES string of the molecule is Cc1cc(CNC(C)C(C)C)oc1C(=O)O. The second-order valence-electron chi connectivity index (χ2n) is 4.44. The van der Waals surface area contributed by atoms with Crippen molar-refractivity contribution in [1.82, 2.24) is 5.32 Å². The Kier molecular flexibility index (Phi) is 4.12. The molecule has 0 saturated heterocycles. The van der Waals surface area contributed by atoms with Crippen molar-refractivity contribution >= 4 is 5.97 Å². The largest absolute Gasteiger partial charge is 0.475 e. The molecule has 1 aromatic rings. The number of carboxylic acids is 1. The topological polar surface area (TPSA) is 62.5 Å². The molecule has 1 aromatic heterocycles. The summed E-state index contributed by atoms with van der Waals surface area (Å²) in [7, 11) is 0. The van der Waals surface area contributed by atoms with E-state index in [4.69, 9.17) is 9.52 Å². The molecule has 1 atom stereocenters. The molecule has 0 radical (unpaired) electrons. The highest BCUT2D eigenvalue weighted by atomic mass is 16.4. The zero-order chi connectivity index (χ0) is 12.3. The molecule has 1 heterocycles. The van der Waals surface area contributed by atoms with E-state index in [1.165, 1.54) is 0 Å². The third-order valence-electron chi connectivity index (χ3n) is 2.76. The van der Waals surface area contributed by atoms with Crippen LogP contribution < -0.4 is 5.32 Å². The molecule has 1 rings (SSSR count). The number of carboxylic acid groups (broad SMARTS) is 1. The van der Waals surface area contributed by atoms with Gasteiger partial charge in [-0.05, 0) is 25.8 Å². The monoisotopic (exact) mass is 225 g/mol. The molecule has 0 aromatic carbocycles. The van der Waals surface area contributed by atoms with Crippen molar-refractivity contribution in [3.8, 4) is 0 Å². The fraction of sp³-hybridized carbons (Fsp3) is 0.583. The lowest BCUT2D eigenvalue weighted by atomic mass is 10.1. The van der Waals surface area contributed by atoms with E-state index in [0.29, 0.717) is 29.8 Å². The predicted octanol–water partition coefficient (Wildman–Crippen LogP) is 2.42. The molecule has 0 bridgehead atoms. The summed E-state index contributed by atoms with van der Waals surface area (Å²) in [4.78, 5) is 10.8. The molecule has 4 nitrogen and oxygen atoms in total. The molecule has 0 aliphatic heterocycles. The van der Waals surface area contributed by atoms with Gasteiger partial charge >= 0.3 is 5.97 Å². The molecule has 0 aliphatic carbocycles. The minimum absolute atomic E-state index is 0.0361. The first-order chi connectivity index (χ1) is 7.41. The zero-order valence-corrected chi connectivity index (χ0v) is 10.2. The molecule has 0 amide bonds. The van der Waals surface area contributed by atoms with Crippen molar-refractivity contribution in [2.45, 2.75) is 40.3 Å². The van der Waals surface area contributed by atoms with Gasteiger partial charge in [-0.3, -0.25) is 0 Å². The molecule has 2 N–H and O–H groups in total. The average molecular weight is 225 g/mol. The fourth-order valence-corrected chi connectivity index (χ4v) is 1.34. The summed E-state index contributed by atoms with van der Waals surface area (Å²) in [5.41, 5.74) is 0.668. The number of hydrogen-bond donors (Lipinski definition) is 2. The standard InChI is InChI=1S/C12H19NO3/c1-7(2)9(4)13-6-10-5-8(3)11(16-10)12(14)15/h5,7,9,13H,6H2,1-4H3,(H,14,15). The number of carbonyl (C=O) groups is 1. The van der Waals surface area contributed by atoms with Crippen molar-refractivity contribution in [2.75, 3.05) is 0 Å². The number of furan rings is 1. The van der Waals surface area contributed by atoms with Gasteiger partial charge < -0.3 is 14.8 Å². The van der Waals surface area contributed by atoms with Crippen LogP contribution in [0.15, 0.2) is 10.5 Å². The molecule has 0 fully saturated rings. The normalized spacial score (nSPS) is 13.1. The number of rotatable bonds is 5. The van der Waals surface area contributed by atoms with Gasteiger partial charge in [0.2, 0.25) is 5.76 Å². The number of aryl methyl sites for hydroxylation is 1. The summed E-state index contributed by atoms with van der Waals surface area (Å²) < 4.78 is 5.24. The highest BCUT2D eigenvalue weighted by molar-refractivity contribution is 5.86. The maximum absolute atomic E-state index is 10.8. The zero-order valence-electron chi connectivity index (χ0n) is 10.2. The number of hydrogen-bond acceptors (Lipinski definition) is 3. The predicted molar refractivity (Wildman–Crippen MR) is 61.5 cm³/mol. The van der Waals surface area contributed by atoms with Gasteiger partial charge in [-0.25, -0.2) is 4.79 Å². The second-order valence-corrected chi connectivity index (χ2v) is 4.44. The highest BCUT2D eigenvalue weighted by Crippen LogP contribution is 2.14. The van der Waals surface area contributed by atoms with Gasteiger partial charge in [0, 0.05) is 11.6 Å². The van der Waals surface area contributed by atoms with Gasteiger partial charge in [-0.15, -0.1) is 0 Å². The van der Waals surface area contributed by atoms with E-state index in [2.05, 4.69) is 26.1 Å². The van der Waals surface area contributed by atoms with E-state index >= 15 is 0 Å². The van der Waals surface area contributed by atoms with E-state index in [-0.39, 0.29) is 5.76 Å². The van der Waals surface area contributed by atoms with Gasteiger partial charge in [0.15, 0.2) is 0 Å². The lowest BCUT2D eigenvalue weighted by molar-refractivity contribution is 0.0659. The van der Waals surface area contributed by atoms with E-state index < -0.39 is 5.97 Å². The van der Waals surface area contributed by atoms with Gasteiger partial charge in [-0.1, -0.05) is 13.8 Å². The summed E-state index contributed by atoms with van der Waals surface area (Å²) in [6.07, 6.45) is 0. The molecule has 0 aliphatic rings. The van der Waals surface area contributed by atoms with Crippen LogP contribution in [0.3, 0.4) is 0 Å². The first kappa shape index (κ1) is 12.8. The Morgan fingerprint density at radius 1 is 1.50 bits per heavy atom. The van der Waals surface area contributed by atoms with Crippen LogP contribution in [0.25, 0.3) is 0 Å². The van der Waals surface area contributed by atoms with E-state index in [1.54, 1.807) is 13.0 Å². The van der Waals surface area contributed by atoms with Crippen LogP contribution in [0.1, 0.15) is 42.6 Å². The number of aromatic carboxylic acids is 1.